The summed E-state index contributed by atoms with van der Waals surface area (Å²) in [5.74, 6) is -2.33. The van der Waals surface area contributed by atoms with Gasteiger partial charge in [0.15, 0.2) is 0 Å². The topological polar surface area (TPSA) is 77.4 Å². The van der Waals surface area contributed by atoms with Gasteiger partial charge in [-0.25, -0.2) is 4.79 Å². The lowest BCUT2D eigenvalue weighted by Gasteiger charge is -2.37. The van der Waals surface area contributed by atoms with E-state index in [0.29, 0.717) is 24.1 Å². The number of benzene rings is 2. The van der Waals surface area contributed by atoms with Gasteiger partial charge in [-0.15, -0.1) is 17.0 Å². The van der Waals surface area contributed by atoms with E-state index in [2.05, 4.69) is 88.6 Å². The van der Waals surface area contributed by atoms with Gasteiger partial charge in [0.2, 0.25) is 0 Å². The van der Waals surface area contributed by atoms with Gasteiger partial charge in [0.1, 0.15) is 0 Å². The average molecular weight is 478 g/mol. The molecule has 2 aromatic carbocycles. The Bertz CT molecular complexity index is 736. The minimum atomic E-state index is -1.51. The van der Waals surface area contributed by atoms with Gasteiger partial charge in [-0.2, -0.15) is 0 Å². The van der Waals surface area contributed by atoms with Crippen LogP contribution >= 0.6 is 17.0 Å². The Morgan fingerprint density at radius 1 is 0.967 bits per heavy atom. The molecule has 0 spiro atoms. The highest BCUT2D eigenvalue weighted by molar-refractivity contribution is 8.93. The molecule has 1 N–H and O–H groups in total. The molecule has 0 radical (unpaired) electrons. The molecule has 2 aromatic rings. The van der Waals surface area contributed by atoms with E-state index in [1.54, 1.807) is 0 Å². The molecular formula is C24H32BrNO4. The highest BCUT2D eigenvalue weighted by Crippen LogP contribution is 2.31. The Hall–Kier alpha value is -2.44. The molecule has 0 aromatic heterocycles. The predicted octanol–water partition coefficient (Wildman–Crippen LogP) is 3.65. The fourth-order valence-electron chi connectivity index (χ4n) is 2.91. The number of halogens is 1. The monoisotopic (exact) mass is 477 g/mol. The van der Waals surface area contributed by atoms with Gasteiger partial charge in [-0.1, -0.05) is 60.7 Å². The van der Waals surface area contributed by atoms with Crippen molar-refractivity contribution < 1.29 is 24.3 Å². The third-order valence-corrected chi connectivity index (χ3v) is 5.35. The van der Waals surface area contributed by atoms with Crippen molar-refractivity contribution in [3.8, 4) is 0 Å². The number of carboxylic acid groups (broad SMARTS) is 2. The summed E-state index contributed by atoms with van der Waals surface area (Å²) in [7, 11) is 4.66. The molecule has 0 aliphatic carbocycles. The van der Waals surface area contributed by atoms with Crippen molar-refractivity contribution >= 4 is 28.9 Å². The Labute approximate surface area is 190 Å². The van der Waals surface area contributed by atoms with Crippen molar-refractivity contribution in [1.29, 1.82) is 0 Å². The van der Waals surface area contributed by atoms with Crippen LogP contribution in [0.15, 0.2) is 72.8 Å². The molecule has 0 fully saturated rings. The lowest BCUT2D eigenvalue weighted by atomic mass is 9.85. The first-order valence-corrected chi connectivity index (χ1v) is 9.72. The lowest BCUT2D eigenvalue weighted by Crippen LogP contribution is -2.47. The van der Waals surface area contributed by atoms with Gasteiger partial charge < -0.3 is 19.5 Å². The number of carbonyl (C=O) groups excluding carboxylic acids is 1. The fourth-order valence-corrected chi connectivity index (χ4v) is 2.91. The first-order chi connectivity index (χ1) is 13.7. The Morgan fingerprint density at radius 2 is 1.40 bits per heavy atom. The van der Waals surface area contributed by atoms with Crippen molar-refractivity contribution in [3.63, 3.8) is 0 Å². The van der Waals surface area contributed by atoms with Crippen LogP contribution in [0.25, 0.3) is 0 Å². The first-order valence-electron chi connectivity index (χ1n) is 9.72. The van der Waals surface area contributed by atoms with Gasteiger partial charge in [0.25, 0.3) is 0 Å². The molecule has 0 heterocycles. The summed E-state index contributed by atoms with van der Waals surface area (Å²) in [6.07, 6.45) is 2.12. The van der Waals surface area contributed by atoms with Crippen LogP contribution in [0.3, 0.4) is 0 Å². The van der Waals surface area contributed by atoms with E-state index in [-0.39, 0.29) is 17.0 Å². The van der Waals surface area contributed by atoms with Gasteiger partial charge in [-0.3, -0.25) is 0 Å². The smallest absolute Gasteiger partial charge is 0.328 e. The summed E-state index contributed by atoms with van der Waals surface area (Å²) in [6.45, 7) is 5.82. The second-order valence-electron chi connectivity index (χ2n) is 7.54. The molecule has 0 aliphatic rings. The predicted molar refractivity (Wildman–Crippen MR) is 124 cm³/mol. The number of hydrogen-bond acceptors (Lipinski definition) is 3. The molecule has 164 valence electrons. The molecule has 5 nitrogen and oxygen atoms in total. The largest absolute Gasteiger partial charge is 0.545 e. The van der Waals surface area contributed by atoms with Gasteiger partial charge >= 0.3 is 5.97 Å². The fraction of sp³-hybridized carbons (Fsp3) is 0.333. The summed E-state index contributed by atoms with van der Waals surface area (Å²) < 4.78 is 1.07. The average Bonchev–Trinajstić information content (AvgIpc) is 2.72. The van der Waals surface area contributed by atoms with E-state index in [1.165, 1.54) is 17.5 Å². The lowest BCUT2D eigenvalue weighted by molar-refractivity contribution is -0.911. The second-order valence-corrected chi connectivity index (χ2v) is 7.54. The highest BCUT2D eigenvalue weighted by atomic mass is 79.9. The van der Waals surface area contributed by atoms with Gasteiger partial charge in [0, 0.05) is 18.4 Å². The number of quaternary nitrogens is 1. The summed E-state index contributed by atoms with van der Waals surface area (Å²) in [6, 6.07) is 22.5. The van der Waals surface area contributed by atoms with Crippen molar-refractivity contribution in [2.75, 3.05) is 20.6 Å². The third kappa shape index (κ3) is 9.85. The molecule has 1 unspecified atom stereocenters. The van der Waals surface area contributed by atoms with Crippen LogP contribution in [-0.4, -0.2) is 48.2 Å². The normalized spacial score (nSPS) is 11.9. The zero-order valence-corrected chi connectivity index (χ0v) is 19.7. The van der Waals surface area contributed by atoms with E-state index in [1.807, 2.05) is 0 Å². The number of aliphatic carboxylic acids is 2. The number of nitrogens with zero attached hydrogens (tertiary/aromatic N) is 1. The maximum absolute atomic E-state index is 9.53. The summed E-state index contributed by atoms with van der Waals surface area (Å²) >= 11 is 0. The second kappa shape index (κ2) is 13.7. The van der Waals surface area contributed by atoms with Gasteiger partial charge in [-0.05, 0) is 31.1 Å². The number of carboxylic acids is 2. The van der Waals surface area contributed by atoms with E-state index in [9.17, 15) is 14.7 Å². The first kappa shape index (κ1) is 27.6. The van der Waals surface area contributed by atoms with Crippen molar-refractivity contribution in [2.45, 2.75) is 32.2 Å². The van der Waals surface area contributed by atoms with Crippen molar-refractivity contribution in [3.05, 3.63) is 83.9 Å². The third-order valence-electron chi connectivity index (χ3n) is 5.35. The Balaban J connectivity index is 0.000000801. The SMILES string of the molecule is Br.CC[N+](C)(C)C(C)CC(c1ccccc1)c1ccccc1.O=C([O-])/C=C\C(=O)O. The van der Waals surface area contributed by atoms with Crippen molar-refractivity contribution in [2.24, 2.45) is 0 Å². The summed E-state index contributed by atoms with van der Waals surface area (Å²) in [5.41, 5.74) is 2.85. The van der Waals surface area contributed by atoms with E-state index in [0.717, 1.165) is 11.0 Å². The number of carbonyl (C=O) groups is 2. The molecule has 0 bridgehead atoms. The zero-order chi connectivity index (χ0) is 21.9. The van der Waals surface area contributed by atoms with Crippen molar-refractivity contribution in [1.82, 2.24) is 0 Å². The Morgan fingerprint density at radius 3 is 1.70 bits per heavy atom. The number of rotatable bonds is 8. The van der Waals surface area contributed by atoms with E-state index >= 15 is 0 Å². The van der Waals surface area contributed by atoms with Crippen LogP contribution in [0, 0.1) is 0 Å². The maximum Gasteiger partial charge on any atom is 0.328 e. The molecule has 2 rings (SSSR count). The maximum atomic E-state index is 9.53. The minimum absolute atomic E-state index is 0. The van der Waals surface area contributed by atoms with Crippen LogP contribution < -0.4 is 5.11 Å². The molecule has 0 saturated carbocycles. The van der Waals surface area contributed by atoms with Crippen LogP contribution in [0.4, 0.5) is 0 Å². The molecular weight excluding hydrogens is 446 g/mol. The minimum Gasteiger partial charge on any atom is -0.545 e. The summed E-state index contributed by atoms with van der Waals surface area (Å²) in [4.78, 5) is 19.0. The van der Waals surface area contributed by atoms with Crippen LogP contribution in [-0.2, 0) is 9.59 Å². The van der Waals surface area contributed by atoms with Crippen LogP contribution in [0.1, 0.15) is 37.3 Å². The highest BCUT2D eigenvalue weighted by Gasteiger charge is 2.26. The van der Waals surface area contributed by atoms with E-state index < -0.39 is 11.9 Å². The number of hydrogen-bond donors (Lipinski definition) is 1. The molecule has 30 heavy (non-hydrogen) atoms. The molecule has 1 atom stereocenters. The zero-order valence-electron chi connectivity index (χ0n) is 18.0. The molecule has 0 saturated heterocycles. The molecule has 0 aliphatic heterocycles. The Kier molecular flexibility index (Phi) is 12.6. The quantitative estimate of drug-likeness (QED) is 0.464. The standard InChI is InChI=1S/C20H28N.C4H4O4.BrH/c1-5-21(3,4)17(2)16-20(18-12-8-6-9-13-18)19-14-10-7-11-15-19;5-3(6)1-2-4(7)8;/h6-15,17,20H,5,16H2,1-4H3;1-2H,(H,5,6)(H,7,8);1H/q+1;;/p-1/b;2-1-;. The molecule has 0 amide bonds. The summed E-state index contributed by atoms with van der Waals surface area (Å²) in [5, 5.41) is 17.2. The van der Waals surface area contributed by atoms with Crippen LogP contribution in [0.2, 0.25) is 0 Å². The van der Waals surface area contributed by atoms with Gasteiger partial charge in [0.05, 0.1) is 32.7 Å². The van der Waals surface area contributed by atoms with Crippen LogP contribution in [0.5, 0.6) is 0 Å². The van der Waals surface area contributed by atoms with E-state index in [4.69, 9.17) is 5.11 Å². The molecule has 6 heteroatoms.